The number of nitrogens with zero attached hydrogens (tertiary/aromatic N) is 2. The van der Waals surface area contributed by atoms with Crippen LogP contribution in [0.4, 0.5) is 4.39 Å². The molecule has 2 aromatic rings. The Morgan fingerprint density at radius 3 is 2.78 bits per heavy atom. The first-order valence-electron chi connectivity index (χ1n) is 5.77. The molecule has 18 heavy (non-hydrogen) atoms. The van der Waals surface area contributed by atoms with Crippen molar-refractivity contribution >= 4 is 15.9 Å². The van der Waals surface area contributed by atoms with Crippen molar-refractivity contribution in [3.8, 4) is 11.3 Å². The number of fused-ring (bicyclic) bond motifs is 1. The van der Waals surface area contributed by atoms with E-state index in [2.05, 4.69) is 28.0 Å². The number of rotatable bonds is 1. The maximum absolute atomic E-state index is 12.9. The van der Waals surface area contributed by atoms with E-state index in [-0.39, 0.29) is 11.9 Å². The molecule has 0 saturated carbocycles. The maximum Gasteiger partial charge on any atom is 0.123 e. The molecule has 0 aliphatic carbocycles. The van der Waals surface area contributed by atoms with Crippen molar-refractivity contribution in [3.05, 3.63) is 40.2 Å². The minimum atomic E-state index is -0.240. The van der Waals surface area contributed by atoms with E-state index >= 15 is 0 Å². The van der Waals surface area contributed by atoms with Gasteiger partial charge in [-0.25, -0.2) is 4.39 Å². The summed E-state index contributed by atoms with van der Waals surface area (Å²) in [5.74, 6) is -0.240. The van der Waals surface area contributed by atoms with E-state index in [0.717, 1.165) is 21.4 Å². The molecule has 1 atom stereocenters. The summed E-state index contributed by atoms with van der Waals surface area (Å²) in [5, 5.41) is 4.60. The molecule has 2 heterocycles. The SMILES string of the molecule is CC1COCc2c(Br)c(-c3ccc(F)cc3)nn21. The van der Waals surface area contributed by atoms with Gasteiger partial charge in [0.25, 0.3) is 0 Å². The molecule has 0 radical (unpaired) electrons. The number of benzene rings is 1. The van der Waals surface area contributed by atoms with Gasteiger partial charge in [-0.1, -0.05) is 0 Å². The third-order valence-corrected chi connectivity index (χ3v) is 3.91. The molecule has 0 amide bonds. The van der Waals surface area contributed by atoms with Crippen molar-refractivity contribution < 1.29 is 9.13 Å². The first-order chi connectivity index (χ1) is 8.66. The summed E-state index contributed by atoms with van der Waals surface area (Å²) in [6, 6.07) is 6.58. The van der Waals surface area contributed by atoms with Gasteiger partial charge in [0.2, 0.25) is 0 Å². The number of halogens is 2. The van der Waals surface area contributed by atoms with Crippen molar-refractivity contribution in [1.82, 2.24) is 9.78 Å². The smallest absolute Gasteiger partial charge is 0.123 e. The average molecular weight is 311 g/mol. The number of hydrogen-bond acceptors (Lipinski definition) is 2. The number of aromatic nitrogens is 2. The highest BCUT2D eigenvalue weighted by atomic mass is 79.9. The van der Waals surface area contributed by atoms with Crippen LogP contribution in [0, 0.1) is 5.82 Å². The minimum Gasteiger partial charge on any atom is -0.373 e. The second-order valence-electron chi connectivity index (χ2n) is 4.42. The van der Waals surface area contributed by atoms with Gasteiger partial charge >= 0.3 is 0 Å². The molecule has 1 aromatic heterocycles. The van der Waals surface area contributed by atoms with Crippen molar-refractivity contribution in [3.63, 3.8) is 0 Å². The summed E-state index contributed by atoms with van der Waals surface area (Å²) in [6.45, 7) is 3.29. The molecule has 0 spiro atoms. The molecule has 1 aliphatic rings. The lowest BCUT2D eigenvalue weighted by molar-refractivity contribution is 0.0571. The van der Waals surface area contributed by atoms with E-state index < -0.39 is 0 Å². The molecule has 3 nitrogen and oxygen atoms in total. The van der Waals surface area contributed by atoms with Gasteiger partial charge in [-0.15, -0.1) is 0 Å². The molecule has 0 bridgehead atoms. The van der Waals surface area contributed by atoms with Crippen LogP contribution in [0.2, 0.25) is 0 Å². The van der Waals surface area contributed by atoms with Crippen LogP contribution in [-0.4, -0.2) is 16.4 Å². The third kappa shape index (κ3) is 1.87. The quantitative estimate of drug-likeness (QED) is 0.805. The Morgan fingerprint density at radius 2 is 2.11 bits per heavy atom. The molecule has 94 valence electrons. The second kappa shape index (κ2) is 4.48. The Labute approximate surface area is 113 Å². The highest BCUT2D eigenvalue weighted by Gasteiger charge is 2.23. The monoisotopic (exact) mass is 310 g/mol. The summed E-state index contributed by atoms with van der Waals surface area (Å²) in [6.07, 6.45) is 0. The first-order valence-corrected chi connectivity index (χ1v) is 6.56. The molecule has 5 heteroatoms. The van der Waals surface area contributed by atoms with E-state index in [1.807, 2.05) is 4.68 Å². The van der Waals surface area contributed by atoms with Crippen molar-refractivity contribution in [2.75, 3.05) is 6.61 Å². The Bertz CT molecular complexity index is 579. The summed E-state index contributed by atoms with van der Waals surface area (Å²) >= 11 is 3.56. The number of hydrogen-bond donors (Lipinski definition) is 0. The van der Waals surface area contributed by atoms with Gasteiger partial charge in [-0.3, -0.25) is 4.68 Å². The Morgan fingerprint density at radius 1 is 1.39 bits per heavy atom. The molecule has 0 fully saturated rings. The fourth-order valence-electron chi connectivity index (χ4n) is 2.13. The lowest BCUT2D eigenvalue weighted by atomic mass is 10.1. The fraction of sp³-hybridized carbons (Fsp3) is 0.308. The Hall–Kier alpha value is -1.20. The predicted octanol–water partition coefficient (Wildman–Crippen LogP) is 3.54. The predicted molar refractivity (Wildman–Crippen MR) is 69.7 cm³/mol. The molecular weight excluding hydrogens is 299 g/mol. The van der Waals surface area contributed by atoms with Crippen LogP contribution in [0.5, 0.6) is 0 Å². The number of ether oxygens (including phenoxy) is 1. The van der Waals surface area contributed by atoms with Crippen LogP contribution in [0.1, 0.15) is 18.7 Å². The van der Waals surface area contributed by atoms with Gasteiger partial charge in [0.15, 0.2) is 0 Å². The standard InChI is InChI=1S/C13H12BrFN2O/c1-8-6-18-7-11-12(14)13(16-17(8)11)9-2-4-10(15)5-3-9/h2-5,8H,6-7H2,1H3. The summed E-state index contributed by atoms with van der Waals surface area (Å²) < 4.78 is 21.4. The van der Waals surface area contributed by atoms with Gasteiger partial charge in [0, 0.05) is 5.56 Å². The zero-order chi connectivity index (χ0) is 12.7. The maximum atomic E-state index is 12.9. The third-order valence-electron chi connectivity index (χ3n) is 3.08. The molecule has 1 unspecified atom stereocenters. The van der Waals surface area contributed by atoms with E-state index in [1.54, 1.807) is 12.1 Å². The lowest BCUT2D eigenvalue weighted by Crippen LogP contribution is -2.22. The average Bonchev–Trinajstić information content (AvgIpc) is 2.70. The molecule has 0 saturated heterocycles. The van der Waals surface area contributed by atoms with Crippen LogP contribution < -0.4 is 0 Å². The highest BCUT2D eigenvalue weighted by Crippen LogP contribution is 2.34. The van der Waals surface area contributed by atoms with E-state index in [4.69, 9.17) is 4.74 Å². The van der Waals surface area contributed by atoms with Gasteiger partial charge in [0.1, 0.15) is 11.5 Å². The van der Waals surface area contributed by atoms with Gasteiger partial charge in [-0.05, 0) is 47.1 Å². The van der Waals surface area contributed by atoms with Crippen molar-refractivity contribution in [2.45, 2.75) is 19.6 Å². The minimum absolute atomic E-state index is 0.222. The normalized spacial score (nSPS) is 18.7. The summed E-state index contributed by atoms with van der Waals surface area (Å²) in [5.41, 5.74) is 2.77. The molecule has 0 N–H and O–H groups in total. The van der Waals surface area contributed by atoms with Gasteiger partial charge in [0.05, 0.1) is 29.4 Å². The molecule has 1 aromatic carbocycles. The first kappa shape index (κ1) is 11.9. The zero-order valence-corrected chi connectivity index (χ0v) is 11.4. The second-order valence-corrected chi connectivity index (χ2v) is 5.22. The Balaban J connectivity index is 2.10. The van der Waals surface area contributed by atoms with Crippen LogP contribution >= 0.6 is 15.9 Å². The van der Waals surface area contributed by atoms with E-state index in [0.29, 0.717) is 13.2 Å². The largest absolute Gasteiger partial charge is 0.373 e. The van der Waals surface area contributed by atoms with E-state index in [1.165, 1.54) is 12.1 Å². The lowest BCUT2D eigenvalue weighted by Gasteiger charge is -2.21. The zero-order valence-electron chi connectivity index (χ0n) is 9.86. The van der Waals surface area contributed by atoms with Crippen LogP contribution in [0.25, 0.3) is 11.3 Å². The summed E-state index contributed by atoms with van der Waals surface area (Å²) in [7, 11) is 0. The van der Waals surface area contributed by atoms with Crippen LogP contribution in [0.15, 0.2) is 28.7 Å². The van der Waals surface area contributed by atoms with Gasteiger partial charge < -0.3 is 4.74 Å². The molecule has 1 aliphatic heterocycles. The van der Waals surface area contributed by atoms with Crippen LogP contribution in [-0.2, 0) is 11.3 Å². The van der Waals surface area contributed by atoms with Crippen molar-refractivity contribution in [2.24, 2.45) is 0 Å². The molecule has 3 rings (SSSR count). The van der Waals surface area contributed by atoms with Crippen LogP contribution in [0.3, 0.4) is 0 Å². The summed E-state index contributed by atoms with van der Waals surface area (Å²) in [4.78, 5) is 0. The molecular formula is C13H12BrFN2O. The van der Waals surface area contributed by atoms with Gasteiger partial charge in [-0.2, -0.15) is 5.10 Å². The van der Waals surface area contributed by atoms with E-state index in [9.17, 15) is 4.39 Å². The Kier molecular flexibility index (Phi) is 2.95. The highest BCUT2D eigenvalue weighted by molar-refractivity contribution is 9.10. The topological polar surface area (TPSA) is 27.1 Å². The fourth-order valence-corrected chi connectivity index (χ4v) is 2.74. The van der Waals surface area contributed by atoms with Crippen molar-refractivity contribution in [1.29, 1.82) is 0 Å².